The molecule has 0 bridgehead atoms. The molecule has 1 aliphatic heterocycles. The van der Waals surface area contributed by atoms with Gasteiger partial charge in [-0.15, -0.1) is 0 Å². The molecule has 4 rings (SSSR count). The normalized spacial score (nSPS) is 12.2. The Morgan fingerprint density at radius 3 is 2.34 bits per heavy atom. The number of hydrogen-bond acceptors (Lipinski definition) is 3. The van der Waals surface area contributed by atoms with Crippen LogP contribution in [-0.2, 0) is 24.2 Å². The highest BCUT2D eigenvalue weighted by Crippen LogP contribution is 2.27. The minimum absolute atomic E-state index is 0. The predicted octanol–water partition coefficient (Wildman–Crippen LogP) is 0.0664. The third-order valence-electron chi connectivity index (χ3n) is 5.02. The van der Waals surface area contributed by atoms with E-state index in [0.717, 1.165) is 29.8 Å². The number of halogens is 1. The molecule has 0 fully saturated rings. The Kier molecular flexibility index (Phi) is 6.24. The van der Waals surface area contributed by atoms with E-state index < -0.39 is 4.92 Å². The first-order chi connectivity index (χ1) is 13.6. The number of rotatable bonds is 5. The Bertz CT molecular complexity index is 1020. The van der Waals surface area contributed by atoms with Crippen molar-refractivity contribution in [1.82, 2.24) is 0 Å². The molecule has 0 aliphatic carbocycles. The van der Waals surface area contributed by atoms with Crippen LogP contribution in [0.15, 0.2) is 73.1 Å². The number of para-hydroxylation sites is 1. The van der Waals surface area contributed by atoms with E-state index in [1.165, 1.54) is 17.7 Å². The van der Waals surface area contributed by atoms with Crippen LogP contribution in [-0.4, -0.2) is 17.4 Å². The molecule has 1 amide bonds. The summed E-state index contributed by atoms with van der Waals surface area (Å²) in [5.41, 5.74) is 4.43. The molecule has 7 heteroatoms. The second-order valence-electron chi connectivity index (χ2n) is 6.90. The molecule has 2 aromatic carbocycles. The standard InChI is InChI=1S/C22H20N3O3.ClH/c26-22(24-14-11-19-3-1-2-4-21(19)24)16-23-12-9-18(10-13-23)15-17-5-7-20(8-6-17)25(27)28;/h1-10,12-13H,11,14-16H2;1H/q+1;/p-1. The van der Waals surface area contributed by atoms with Gasteiger partial charge in [-0.3, -0.25) is 14.9 Å². The quantitative estimate of drug-likeness (QED) is 0.340. The average Bonchev–Trinajstić information content (AvgIpc) is 3.14. The van der Waals surface area contributed by atoms with Crippen molar-refractivity contribution < 1.29 is 26.7 Å². The SMILES string of the molecule is O=C(C[n+]1ccc(Cc2ccc([N+](=O)[O-])cc2)cc1)N1CCc2ccccc21.[Cl-]. The fourth-order valence-electron chi connectivity index (χ4n) is 3.52. The highest BCUT2D eigenvalue weighted by atomic mass is 35.5. The number of nitro benzene ring substituents is 1. The van der Waals surface area contributed by atoms with Crippen LogP contribution in [0, 0.1) is 10.1 Å². The monoisotopic (exact) mass is 409 g/mol. The van der Waals surface area contributed by atoms with Crippen LogP contribution in [0.1, 0.15) is 16.7 Å². The van der Waals surface area contributed by atoms with Crippen molar-refractivity contribution in [2.24, 2.45) is 0 Å². The zero-order valence-corrected chi connectivity index (χ0v) is 16.5. The molecule has 0 radical (unpaired) electrons. The molecule has 0 saturated carbocycles. The maximum Gasteiger partial charge on any atom is 0.292 e. The lowest BCUT2D eigenvalue weighted by atomic mass is 10.1. The van der Waals surface area contributed by atoms with Crippen molar-refractivity contribution >= 4 is 17.3 Å². The number of pyridine rings is 1. The second kappa shape index (κ2) is 8.84. The Morgan fingerprint density at radius 1 is 1.00 bits per heavy atom. The van der Waals surface area contributed by atoms with Gasteiger partial charge < -0.3 is 17.3 Å². The summed E-state index contributed by atoms with van der Waals surface area (Å²) in [5, 5.41) is 10.7. The molecule has 0 N–H and O–H groups in total. The van der Waals surface area contributed by atoms with E-state index >= 15 is 0 Å². The van der Waals surface area contributed by atoms with Gasteiger partial charge in [0, 0.05) is 36.5 Å². The summed E-state index contributed by atoms with van der Waals surface area (Å²) in [4.78, 5) is 24.9. The van der Waals surface area contributed by atoms with E-state index in [1.807, 2.05) is 52.2 Å². The summed E-state index contributed by atoms with van der Waals surface area (Å²) in [5.74, 6) is 0.0815. The number of aromatic nitrogens is 1. The van der Waals surface area contributed by atoms with E-state index in [9.17, 15) is 14.9 Å². The Labute approximate surface area is 175 Å². The number of non-ortho nitro benzene ring substituents is 1. The van der Waals surface area contributed by atoms with Crippen LogP contribution in [0.25, 0.3) is 0 Å². The zero-order chi connectivity index (χ0) is 19.5. The third-order valence-corrected chi connectivity index (χ3v) is 5.02. The van der Waals surface area contributed by atoms with E-state index in [0.29, 0.717) is 13.0 Å². The molecule has 6 nitrogen and oxygen atoms in total. The molecule has 1 aliphatic rings. The predicted molar refractivity (Wildman–Crippen MR) is 105 cm³/mol. The lowest BCUT2D eigenvalue weighted by Gasteiger charge is -2.15. The lowest BCUT2D eigenvalue weighted by Crippen LogP contribution is -3.00. The maximum absolute atomic E-state index is 12.7. The Balaban J connectivity index is 0.00000240. The molecule has 0 spiro atoms. The van der Waals surface area contributed by atoms with Gasteiger partial charge in [0.05, 0.1) is 4.92 Å². The first-order valence-corrected chi connectivity index (χ1v) is 9.20. The largest absolute Gasteiger partial charge is 1.00 e. The summed E-state index contributed by atoms with van der Waals surface area (Å²) in [6.07, 6.45) is 5.40. The van der Waals surface area contributed by atoms with Gasteiger partial charge >= 0.3 is 0 Å². The van der Waals surface area contributed by atoms with E-state index in [1.54, 1.807) is 12.1 Å². The van der Waals surface area contributed by atoms with Crippen LogP contribution in [0.3, 0.4) is 0 Å². The topological polar surface area (TPSA) is 67.3 Å². The average molecular weight is 410 g/mol. The van der Waals surface area contributed by atoms with Crippen LogP contribution in [0.5, 0.6) is 0 Å². The van der Waals surface area contributed by atoms with Crippen LogP contribution in [0.4, 0.5) is 11.4 Å². The molecule has 1 aromatic heterocycles. The highest BCUT2D eigenvalue weighted by Gasteiger charge is 2.26. The van der Waals surface area contributed by atoms with Crippen molar-refractivity contribution in [3.63, 3.8) is 0 Å². The first kappa shape index (κ1) is 20.5. The third kappa shape index (κ3) is 4.60. The Hall–Kier alpha value is -3.25. The van der Waals surface area contributed by atoms with Gasteiger partial charge in [-0.2, -0.15) is 4.57 Å². The number of amides is 1. The van der Waals surface area contributed by atoms with Crippen molar-refractivity contribution in [2.75, 3.05) is 11.4 Å². The molecule has 29 heavy (non-hydrogen) atoms. The fraction of sp³-hybridized carbons (Fsp3) is 0.182. The van der Waals surface area contributed by atoms with Gasteiger partial charge in [-0.05, 0) is 35.6 Å². The van der Waals surface area contributed by atoms with Crippen molar-refractivity contribution in [1.29, 1.82) is 0 Å². The van der Waals surface area contributed by atoms with Crippen molar-refractivity contribution in [3.05, 3.63) is 99.9 Å². The van der Waals surface area contributed by atoms with E-state index in [2.05, 4.69) is 6.07 Å². The second-order valence-corrected chi connectivity index (χ2v) is 6.90. The molecule has 0 saturated heterocycles. The van der Waals surface area contributed by atoms with Gasteiger partial charge in [-0.25, -0.2) is 0 Å². The number of carbonyl (C=O) groups is 1. The summed E-state index contributed by atoms with van der Waals surface area (Å²) in [6, 6.07) is 18.6. The number of anilines is 1. The van der Waals surface area contributed by atoms with E-state index in [4.69, 9.17) is 0 Å². The smallest absolute Gasteiger partial charge is 0.292 e. The molecular weight excluding hydrogens is 390 g/mol. The summed E-state index contributed by atoms with van der Waals surface area (Å²) in [6.45, 7) is 1.03. The molecule has 3 aromatic rings. The van der Waals surface area contributed by atoms with Crippen molar-refractivity contribution in [3.8, 4) is 0 Å². The van der Waals surface area contributed by atoms with Crippen LogP contribution >= 0.6 is 0 Å². The van der Waals surface area contributed by atoms with Gasteiger partial charge in [0.1, 0.15) is 0 Å². The molecule has 0 unspecified atom stereocenters. The number of benzene rings is 2. The number of hydrogen-bond donors (Lipinski definition) is 0. The maximum atomic E-state index is 12.7. The summed E-state index contributed by atoms with van der Waals surface area (Å²) >= 11 is 0. The summed E-state index contributed by atoms with van der Waals surface area (Å²) < 4.78 is 1.88. The number of nitrogens with zero attached hydrogens (tertiary/aromatic N) is 3. The minimum atomic E-state index is -0.398. The molecule has 0 atom stereocenters. The van der Waals surface area contributed by atoms with Crippen LogP contribution in [0.2, 0.25) is 0 Å². The van der Waals surface area contributed by atoms with Crippen molar-refractivity contribution in [2.45, 2.75) is 19.4 Å². The van der Waals surface area contributed by atoms with E-state index in [-0.39, 0.29) is 24.0 Å². The summed E-state index contributed by atoms with van der Waals surface area (Å²) in [7, 11) is 0. The number of nitro groups is 1. The fourth-order valence-corrected chi connectivity index (χ4v) is 3.52. The number of carbonyl (C=O) groups excluding carboxylic acids is 1. The molecule has 148 valence electrons. The Morgan fingerprint density at radius 2 is 1.66 bits per heavy atom. The molecule has 2 heterocycles. The van der Waals surface area contributed by atoms with Gasteiger partial charge in [0.25, 0.3) is 11.6 Å². The first-order valence-electron chi connectivity index (χ1n) is 9.20. The van der Waals surface area contributed by atoms with Gasteiger partial charge in [0.15, 0.2) is 12.4 Å². The van der Waals surface area contributed by atoms with Gasteiger partial charge in [0.2, 0.25) is 6.54 Å². The number of fused-ring (bicyclic) bond motifs is 1. The zero-order valence-electron chi connectivity index (χ0n) is 15.7. The molecular formula is C22H20ClN3O3. The highest BCUT2D eigenvalue weighted by molar-refractivity contribution is 5.94. The lowest BCUT2D eigenvalue weighted by molar-refractivity contribution is -0.684. The van der Waals surface area contributed by atoms with Gasteiger partial charge in [-0.1, -0.05) is 30.3 Å². The minimum Gasteiger partial charge on any atom is -1.00 e. The van der Waals surface area contributed by atoms with Crippen LogP contribution < -0.4 is 21.9 Å².